The molecule has 2 amide bonds. The van der Waals surface area contributed by atoms with Crippen molar-refractivity contribution in [3.63, 3.8) is 0 Å². The number of ether oxygens (including phenoxy) is 2. The maximum atomic E-state index is 12.4. The van der Waals surface area contributed by atoms with E-state index in [1.54, 1.807) is 0 Å². The topological polar surface area (TPSA) is 57.3 Å². The maximum Gasteiger partial charge on any atom is 0.317 e. The summed E-state index contributed by atoms with van der Waals surface area (Å²) in [6, 6.07) is 1.29. The van der Waals surface area contributed by atoms with Crippen molar-refractivity contribution < 1.29 is 14.3 Å². The van der Waals surface area contributed by atoms with Gasteiger partial charge in [-0.2, -0.15) is 0 Å². The summed E-state index contributed by atoms with van der Waals surface area (Å²) in [5, 5.41) is 3.09. The minimum absolute atomic E-state index is 0.142. The van der Waals surface area contributed by atoms with Crippen molar-refractivity contribution in [2.24, 2.45) is 10.8 Å². The van der Waals surface area contributed by atoms with Gasteiger partial charge in [0.1, 0.15) is 13.5 Å². The summed E-state index contributed by atoms with van der Waals surface area (Å²) in [5.74, 6) is 0. The highest BCUT2D eigenvalue weighted by Gasteiger charge is 2.50. The molecule has 1 saturated carbocycles. The maximum absolute atomic E-state index is 12.4. The van der Waals surface area contributed by atoms with Crippen LogP contribution in [0.15, 0.2) is 0 Å². The van der Waals surface area contributed by atoms with Crippen LogP contribution in [0.2, 0.25) is 0 Å². The summed E-state index contributed by atoms with van der Waals surface area (Å²) in [5.41, 5.74) is 0.694. The summed E-state index contributed by atoms with van der Waals surface area (Å²) in [4.78, 5) is 19.6. The average molecular weight is 409 g/mol. The third-order valence-electron chi connectivity index (χ3n) is 7.53. The molecule has 0 atom stereocenters. The van der Waals surface area contributed by atoms with Crippen LogP contribution in [0.25, 0.3) is 0 Å². The lowest BCUT2D eigenvalue weighted by molar-refractivity contribution is -0.0880. The molecule has 0 aromatic heterocycles. The van der Waals surface area contributed by atoms with E-state index in [0.29, 0.717) is 31.6 Å². The molecule has 0 aromatic rings. The number of piperidine rings is 1. The summed E-state index contributed by atoms with van der Waals surface area (Å²) in [6.07, 6.45) is 6.20. The smallest absolute Gasteiger partial charge is 0.317 e. The molecular weight excluding hydrogens is 368 g/mol. The molecule has 3 saturated heterocycles. The number of urea groups is 1. The van der Waals surface area contributed by atoms with E-state index in [1.165, 1.54) is 25.8 Å². The van der Waals surface area contributed by atoms with Gasteiger partial charge in [-0.15, -0.1) is 0 Å². The fourth-order valence-electron chi connectivity index (χ4n) is 5.84. The van der Waals surface area contributed by atoms with Crippen molar-refractivity contribution in [1.82, 2.24) is 20.0 Å². The zero-order valence-corrected chi connectivity index (χ0v) is 18.6. The minimum atomic E-state index is 0.142. The first-order valence-corrected chi connectivity index (χ1v) is 11.6. The van der Waals surface area contributed by atoms with Crippen LogP contribution < -0.4 is 5.32 Å². The zero-order valence-electron chi connectivity index (χ0n) is 18.6. The van der Waals surface area contributed by atoms with Gasteiger partial charge in [-0.05, 0) is 49.9 Å². The van der Waals surface area contributed by atoms with E-state index < -0.39 is 0 Å². The summed E-state index contributed by atoms with van der Waals surface area (Å²) in [6.45, 7) is 14.6. The van der Waals surface area contributed by atoms with Gasteiger partial charge in [-0.25, -0.2) is 4.79 Å². The largest absolute Gasteiger partial charge is 0.356 e. The number of nitrogens with one attached hydrogen (secondary N) is 1. The highest BCUT2D eigenvalue weighted by molar-refractivity contribution is 5.75. The first kappa shape index (κ1) is 21.3. The Morgan fingerprint density at radius 2 is 1.83 bits per heavy atom. The SMILES string of the molecule is CCOCOCN1CCC2(CC(N3CCC(N4CC(C)(C)CNC4=O)CC3)C2)C1. The van der Waals surface area contributed by atoms with Crippen LogP contribution in [-0.2, 0) is 9.47 Å². The number of rotatable bonds is 7. The zero-order chi connectivity index (χ0) is 20.5. The number of nitrogens with zero attached hydrogens (tertiary/aromatic N) is 3. The molecule has 0 aromatic carbocycles. The van der Waals surface area contributed by atoms with E-state index in [4.69, 9.17) is 9.47 Å². The normalized spacial score (nSPS) is 33.8. The van der Waals surface area contributed by atoms with Gasteiger partial charge >= 0.3 is 6.03 Å². The van der Waals surface area contributed by atoms with Gasteiger partial charge in [-0.1, -0.05) is 13.8 Å². The Labute approximate surface area is 176 Å². The first-order valence-electron chi connectivity index (χ1n) is 11.6. The van der Waals surface area contributed by atoms with Gasteiger partial charge in [-0.3, -0.25) is 4.90 Å². The molecule has 3 heterocycles. The van der Waals surface area contributed by atoms with Crippen LogP contribution >= 0.6 is 0 Å². The Kier molecular flexibility index (Phi) is 6.40. The van der Waals surface area contributed by atoms with Gasteiger partial charge in [0.2, 0.25) is 0 Å². The van der Waals surface area contributed by atoms with Crippen LogP contribution in [0.1, 0.15) is 52.9 Å². The lowest BCUT2D eigenvalue weighted by atomic mass is 9.64. The third-order valence-corrected chi connectivity index (χ3v) is 7.53. The molecule has 4 rings (SSSR count). The molecule has 4 fully saturated rings. The fourth-order valence-corrected chi connectivity index (χ4v) is 5.84. The molecule has 0 radical (unpaired) electrons. The number of likely N-dealkylation sites (tertiary alicyclic amines) is 2. The van der Waals surface area contributed by atoms with Crippen molar-refractivity contribution in [3.8, 4) is 0 Å². The molecule has 4 aliphatic rings. The predicted octanol–water partition coefficient (Wildman–Crippen LogP) is 2.32. The lowest BCUT2D eigenvalue weighted by Crippen LogP contribution is -2.61. The van der Waals surface area contributed by atoms with Gasteiger partial charge in [0.05, 0.1) is 0 Å². The lowest BCUT2D eigenvalue weighted by Gasteiger charge is -2.53. The van der Waals surface area contributed by atoms with E-state index >= 15 is 0 Å². The molecule has 1 aliphatic carbocycles. The van der Waals surface area contributed by atoms with Crippen LogP contribution in [0, 0.1) is 10.8 Å². The predicted molar refractivity (Wildman–Crippen MR) is 113 cm³/mol. The molecule has 7 heteroatoms. The van der Waals surface area contributed by atoms with Crippen LogP contribution in [0.5, 0.6) is 0 Å². The number of amides is 2. The number of carbonyl (C=O) groups excluding carboxylic acids is 1. The van der Waals surface area contributed by atoms with E-state index in [2.05, 4.69) is 33.9 Å². The van der Waals surface area contributed by atoms with Crippen LogP contribution in [-0.4, -0.2) is 92.2 Å². The van der Waals surface area contributed by atoms with Gasteiger partial charge in [0, 0.05) is 58.0 Å². The summed E-state index contributed by atoms with van der Waals surface area (Å²) < 4.78 is 10.9. The molecule has 7 nitrogen and oxygen atoms in total. The van der Waals surface area contributed by atoms with Crippen molar-refractivity contribution in [2.75, 3.05) is 59.4 Å². The highest BCUT2D eigenvalue weighted by Crippen LogP contribution is 2.50. The number of hydrogen-bond donors (Lipinski definition) is 1. The quantitative estimate of drug-likeness (QED) is 0.518. The Bertz CT molecular complexity index is 570. The Morgan fingerprint density at radius 1 is 1.07 bits per heavy atom. The number of hydrogen-bond acceptors (Lipinski definition) is 5. The van der Waals surface area contributed by atoms with E-state index in [1.807, 2.05) is 6.92 Å². The Balaban J connectivity index is 1.18. The van der Waals surface area contributed by atoms with Crippen LogP contribution in [0.3, 0.4) is 0 Å². The second kappa shape index (κ2) is 8.69. The van der Waals surface area contributed by atoms with Crippen molar-refractivity contribution in [3.05, 3.63) is 0 Å². The third kappa shape index (κ3) is 4.89. The van der Waals surface area contributed by atoms with Crippen LogP contribution in [0.4, 0.5) is 4.79 Å². The second-order valence-electron chi connectivity index (χ2n) is 10.5. The van der Waals surface area contributed by atoms with E-state index in [-0.39, 0.29) is 11.4 Å². The Morgan fingerprint density at radius 3 is 2.55 bits per heavy atom. The summed E-state index contributed by atoms with van der Waals surface area (Å²) in [7, 11) is 0. The van der Waals surface area contributed by atoms with Gasteiger partial charge in [0.15, 0.2) is 0 Å². The molecule has 0 bridgehead atoms. The molecule has 1 spiro atoms. The van der Waals surface area contributed by atoms with Crippen molar-refractivity contribution >= 4 is 6.03 Å². The molecule has 29 heavy (non-hydrogen) atoms. The minimum Gasteiger partial charge on any atom is -0.356 e. The summed E-state index contributed by atoms with van der Waals surface area (Å²) >= 11 is 0. The van der Waals surface area contributed by atoms with E-state index in [9.17, 15) is 4.79 Å². The van der Waals surface area contributed by atoms with E-state index in [0.717, 1.165) is 51.6 Å². The van der Waals surface area contributed by atoms with Crippen molar-refractivity contribution in [1.29, 1.82) is 0 Å². The monoisotopic (exact) mass is 408 g/mol. The second-order valence-corrected chi connectivity index (χ2v) is 10.5. The number of carbonyl (C=O) groups is 1. The van der Waals surface area contributed by atoms with Crippen molar-refractivity contribution in [2.45, 2.75) is 65.0 Å². The van der Waals surface area contributed by atoms with Gasteiger partial charge in [0.25, 0.3) is 0 Å². The molecule has 166 valence electrons. The fraction of sp³-hybridized carbons (Fsp3) is 0.955. The standard InChI is InChI=1S/C22H40N4O3/c1-4-28-17-29-16-24-10-7-22(15-24)11-19(12-22)25-8-5-18(6-9-25)26-14-21(2,3)13-23-20(26)27/h18-19H,4-17H2,1-3H3,(H,23,27). The molecular formula is C22H40N4O3. The molecule has 0 unspecified atom stereocenters. The molecule has 1 N–H and O–H groups in total. The Hall–Kier alpha value is -0.890. The highest BCUT2D eigenvalue weighted by atomic mass is 16.7. The first-order chi connectivity index (χ1) is 13.9. The average Bonchev–Trinajstić information content (AvgIpc) is 3.11. The molecule has 3 aliphatic heterocycles. The van der Waals surface area contributed by atoms with Gasteiger partial charge < -0.3 is 24.6 Å².